The van der Waals surface area contributed by atoms with Gasteiger partial charge in [-0.1, -0.05) is 54.8 Å². The van der Waals surface area contributed by atoms with Crippen molar-refractivity contribution in [2.24, 2.45) is 11.1 Å². The standard InChI is InChI=1S/C15H22BrN/c1-3-14(4-2)9-15(10-14,11-17)12-6-5-7-13(16)8-12/h5-8H,3-4,9-11,17H2,1-2H3. The molecule has 0 amide bonds. The molecule has 1 aromatic carbocycles. The molecule has 0 saturated heterocycles. The first-order valence-electron chi connectivity index (χ1n) is 6.56. The van der Waals surface area contributed by atoms with Crippen LogP contribution in [-0.4, -0.2) is 6.54 Å². The number of hydrogen-bond acceptors (Lipinski definition) is 1. The molecule has 94 valence electrons. The van der Waals surface area contributed by atoms with Crippen LogP contribution in [0.15, 0.2) is 28.7 Å². The zero-order valence-corrected chi connectivity index (χ0v) is 12.4. The van der Waals surface area contributed by atoms with Crippen molar-refractivity contribution in [2.75, 3.05) is 6.54 Å². The summed E-state index contributed by atoms with van der Waals surface area (Å²) in [7, 11) is 0. The maximum Gasteiger partial charge on any atom is 0.0178 e. The van der Waals surface area contributed by atoms with E-state index in [-0.39, 0.29) is 5.41 Å². The van der Waals surface area contributed by atoms with E-state index in [0.717, 1.165) is 11.0 Å². The Hall–Kier alpha value is -0.340. The monoisotopic (exact) mass is 295 g/mol. The molecule has 0 heterocycles. The van der Waals surface area contributed by atoms with Crippen molar-refractivity contribution in [3.05, 3.63) is 34.3 Å². The van der Waals surface area contributed by atoms with Crippen molar-refractivity contribution in [1.82, 2.24) is 0 Å². The average molecular weight is 296 g/mol. The van der Waals surface area contributed by atoms with Gasteiger partial charge in [-0.05, 0) is 36.0 Å². The molecule has 0 aliphatic heterocycles. The van der Waals surface area contributed by atoms with E-state index in [2.05, 4.69) is 54.0 Å². The topological polar surface area (TPSA) is 26.0 Å². The Balaban J connectivity index is 2.25. The van der Waals surface area contributed by atoms with Crippen molar-refractivity contribution in [3.8, 4) is 0 Å². The fourth-order valence-corrected chi connectivity index (χ4v) is 3.82. The number of rotatable bonds is 4. The van der Waals surface area contributed by atoms with Crippen LogP contribution in [0.5, 0.6) is 0 Å². The molecule has 1 aliphatic carbocycles. The lowest BCUT2D eigenvalue weighted by molar-refractivity contribution is 0.0182. The molecule has 0 bridgehead atoms. The molecule has 1 nitrogen and oxygen atoms in total. The third-order valence-corrected chi connectivity index (χ3v) is 5.25. The molecule has 2 rings (SSSR count). The quantitative estimate of drug-likeness (QED) is 0.883. The Morgan fingerprint density at radius 2 is 1.88 bits per heavy atom. The van der Waals surface area contributed by atoms with Crippen molar-refractivity contribution < 1.29 is 0 Å². The molecule has 1 aliphatic rings. The summed E-state index contributed by atoms with van der Waals surface area (Å²) in [5, 5.41) is 0. The minimum atomic E-state index is 0.232. The first kappa shape index (κ1) is 13.1. The molecule has 0 unspecified atom stereocenters. The fraction of sp³-hybridized carbons (Fsp3) is 0.600. The van der Waals surface area contributed by atoms with Gasteiger partial charge >= 0.3 is 0 Å². The highest BCUT2D eigenvalue weighted by atomic mass is 79.9. The summed E-state index contributed by atoms with van der Waals surface area (Å²) in [4.78, 5) is 0. The van der Waals surface area contributed by atoms with E-state index in [4.69, 9.17) is 5.73 Å². The van der Waals surface area contributed by atoms with Gasteiger partial charge in [0.1, 0.15) is 0 Å². The average Bonchev–Trinajstić information content (AvgIpc) is 2.30. The molecule has 0 radical (unpaired) electrons. The second-order valence-electron chi connectivity index (χ2n) is 5.56. The summed E-state index contributed by atoms with van der Waals surface area (Å²) in [6.07, 6.45) is 5.05. The van der Waals surface area contributed by atoms with Crippen LogP contribution in [0.3, 0.4) is 0 Å². The maximum absolute atomic E-state index is 6.07. The van der Waals surface area contributed by atoms with Crippen molar-refractivity contribution >= 4 is 15.9 Å². The van der Waals surface area contributed by atoms with Gasteiger partial charge in [0.05, 0.1) is 0 Å². The molecule has 0 aromatic heterocycles. The third-order valence-electron chi connectivity index (χ3n) is 4.75. The predicted molar refractivity (Wildman–Crippen MR) is 77.1 cm³/mol. The minimum absolute atomic E-state index is 0.232. The highest BCUT2D eigenvalue weighted by molar-refractivity contribution is 9.10. The van der Waals surface area contributed by atoms with Gasteiger partial charge in [0, 0.05) is 16.4 Å². The fourth-order valence-electron chi connectivity index (χ4n) is 3.42. The SMILES string of the molecule is CCC1(CC)CC(CN)(c2cccc(Br)c2)C1. The smallest absolute Gasteiger partial charge is 0.0178 e. The highest BCUT2D eigenvalue weighted by Gasteiger charge is 2.52. The summed E-state index contributed by atoms with van der Waals surface area (Å²) in [6.45, 7) is 5.39. The van der Waals surface area contributed by atoms with Crippen molar-refractivity contribution in [3.63, 3.8) is 0 Å². The second-order valence-corrected chi connectivity index (χ2v) is 6.47. The molecule has 2 N–H and O–H groups in total. The van der Waals surface area contributed by atoms with E-state index in [0.29, 0.717) is 5.41 Å². The van der Waals surface area contributed by atoms with Crippen LogP contribution in [0.4, 0.5) is 0 Å². The highest BCUT2D eigenvalue weighted by Crippen LogP contribution is 2.58. The first-order valence-corrected chi connectivity index (χ1v) is 7.35. The zero-order chi connectivity index (χ0) is 12.5. The van der Waals surface area contributed by atoms with Crippen LogP contribution in [0.2, 0.25) is 0 Å². The molecule has 17 heavy (non-hydrogen) atoms. The lowest BCUT2D eigenvalue weighted by Gasteiger charge is -2.56. The lowest BCUT2D eigenvalue weighted by Crippen LogP contribution is -2.53. The summed E-state index contributed by atoms with van der Waals surface area (Å²) in [6, 6.07) is 8.67. The molecule has 2 heteroatoms. The Bertz CT molecular complexity index is 388. The first-order chi connectivity index (χ1) is 8.10. The van der Waals surface area contributed by atoms with Gasteiger partial charge in [0.25, 0.3) is 0 Å². The van der Waals surface area contributed by atoms with Gasteiger partial charge in [-0.25, -0.2) is 0 Å². The summed E-state index contributed by atoms with van der Waals surface area (Å²) < 4.78 is 1.16. The van der Waals surface area contributed by atoms with Gasteiger partial charge in [-0.2, -0.15) is 0 Å². The van der Waals surface area contributed by atoms with E-state index in [1.165, 1.54) is 31.2 Å². The summed E-state index contributed by atoms with van der Waals surface area (Å²) in [5.41, 5.74) is 8.25. The molecule has 0 spiro atoms. The molecule has 1 fully saturated rings. The largest absolute Gasteiger partial charge is 0.330 e. The number of nitrogens with two attached hydrogens (primary N) is 1. The van der Waals surface area contributed by atoms with Crippen molar-refractivity contribution in [1.29, 1.82) is 0 Å². The van der Waals surface area contributed by atoms with Crippen LogP contribution in [0, 0.1) is 5.41 Å². The van der Waals surface area contributed by atoms with Gasteiger partial charge in [0.2, 0.25) is 0 Å². The van der Waals surface area contributed by atoms with Crippen molar-refractivity contribution in [2.45, 2.75) is 44.9 Å². The van der Waals surface area contributed by atoms with Crippen LogP contribution < -0.4 is 5.73 Å². The molecule has 1 saturated carbocycles. The number of hydrogen-bond donors (Lipinski definition) is 1. The van der Waals surface area contributed by atoms with Gasteiger partial charge in [0.15, 0.2) is 0 Å². The molecule has 1 aromatic rings. The lowest BCUT2D eigenvalue weighted by atomic mass is 9.48. The van der Waals surface area contributed by atoms with Gasteiger partial charge in [-0.3, -0.25) is 0 Å². The minimum Gasteiger partial charge on any atom is -0.330 e. The van der Waals surface area contributed by atoms with Crippen LogP contribution >= 0.6 is 15.9 Å². The Labute approximate surface area is 113 Å². The Morgan fingerprint density at radius 1 is 1.24 bits per heavy atom. The predicted octanol–water partition coefficient (Wildman–Crippen LogP) is 4.25. The van der Waals surface area contributed by atoms with Gasteiger partial charge < -0.3 is 5.73 Å². The van der Waals surface area contributed by atoms with Gasteiger partial charge in [-0.15, -0.1) is 0 Å². The maximum atomic E-state index is 6.07. The Morgan fingerprint density at radius 3 is 2.35 bits per heavy atom. The Kier molecular flexibility index (Phi) is 3.65. The molecular weight excluding hydrogens is 274 g/mol. The van der Waals surface area contributed by atoms with E-state index < -0.39 is 0 Å². The van der Waals surface area contributed by atoms with Crippen LogP contribution in [0.1, 0.15) is 45.1 Å². The number of benzene rings is 1. The number of halogens is 1. The zero-order valence-electron chi connectivity index (χ0n) is 10.8. The third kappa shape index (κ3) is 2.17. The van der Waals surface area contributed by atoms with E-state index in [1.54, 1.807) is 0 Å². The molecule has 0 atom stereocenters. The molecular formula is C15H22BrN. The van der Waals surface area contributed by atoms with E-state index in [1.807, 2.05) is 0 Å². The van der Waals surface area contributed by atoms with E-state index >= 15 is 0 Å². The van der Waals surface area contributed by atoms with Crippen LogP contribution in [-0.2, 0) is 5.41 Å². The summed E-state index contributed by atoms with van der Waals surface area (Å²) in [5.74, 6) is 0. The van der Waals surface area contributed by atoms with Crippen LogP contribution in [0.25, 0.3) is 0 Å². The normalized spacial score (nSPS) is 20.9. The second kappa shape index (κ2) is 4.74. The van der Waals surface area contributed by atoms with E-state index in [9.17, 15) is 0 Å². The summed E-state index contributed by atoms with van der Waals surface area (Å²) >= 11 is 3.56.